The van der Waals surface area contributed by atoms with Crippen LogP contribution >= 0.6 is 0 Å². The minimum Gasteiger partial charge on any atom is -0.480 e. The maximum Gasteiger partial charge on any atom is 0.326 e. The fourth-order valence-corrected chi connectivity index (χ4v) is 5.52. The Bertz CT molecular complexity index is 831. The second-order valence-electron chi connectivity index (χ2n) is 7.43. The monoisotopic (exact) mass is 394 g/mol. The van der Waals surface area contributed by atoms with Gasteiger partial charge in [0.25, 0.3) is 5.91 Å². The Hall–Kier alpha value is -1.93. The smallest absolute Gasteiger partial charge is 0.326 e. The molecular weight excluding hydrogens is 368 g/mol. The van der Waals surface area contributed by atoms with E-state index in [2.05, 4.69) is 4.72 Å². The van der Waals surface area contributed by atoms with E-state index in [1.807, 2.05) is 0 Å². The normalized spacial score (nSPS) is 21.4. The van der Waals surface area contributed by atoms with Crippen LogP contribution in [0.2, 0.25) is 0 Å². The van der Waals surface area contributed by atoms with E-state index in [1.54, 1.807) is 19.1 Å². The summed E-state index contributed by atoms with van der Waals surface area (Å²) in [6.07, 6.45) is 5.60. The SMILES string of the molecule is Cc1ccc(C(=O)N2CCCCC2C(=O)O)cc1S(=O)(=O)NC1CCCC1. The summed E-state index contributed by atoms with van der Waals surface area (Å²) in [5, 5.41) is 9.39. The lowest BCUT2D eigenvalue weighted by Gasteiger charge is -2.33. The Kier molecular flexibility index (Phi) is 5.86. The zero-order valence-electron chi connectivity index (χ0n) is 15.5. The summed E-state index contributed by atoms with van der Waals surface area (Å²) in [7, 11) is -3.73. The first kappa shape index (κ1) is 19.8. The fourth-order valence-electron chi connectivity index (χ4n) is 3.95. The lowest BCUT2D eigenvalue weighted by molar-refractivity contribution is -0.143. The molecule has 2 aliphatic rings. The number of amides is 1. The van der Waals surface area contributed by atoms with E-state index < -0.39 is 27.9 Å². The molecule has 1 saturated heterocycles. The number of aryl methyl sites for hydroxylation is 1. The highest BCUT2D eigenvalue weighted by Gasteiger charge is 2.33. The second-order valence-corrected chi connectivity index (χ2v) is 9.11. The highest BCUT2D eigenvalue weighted by molar-refractivity contribution is 7.89. The van der Waals surface area contributed by atoms with Crippen molar-refractivity contribution in [1.29, 1.82) is 0 Å². The number of rotatable bonds is 5. The Balaban J connectivity index is 1.88. The molecule has 2 fully saturated rings. The van der Waals surface area contributed by atoms with Gasteiger partial charge < -0.3 is 10.0 Å². The van der Waals surface area contributed by atoms with Gasteiger partial charge in [0.1, 0.15) is 6.04 Å². The lowest BCUT2D eigenvalue weighted by atomic mass is 10.0. The van der Waals surface area contributed by atoms with Crippen LogP contribution in [0.15, 0.2) is 23.1 Å². The number of likely N-dealkylation sites (tertiary alicyclic amines) is 1. The summed E-state index contributed by atoms with van der Waals surface area (Å²) in [5.41, 5.74) is 0.769. The van der Waals surface area contributed by atoms with Crippen molar-refractivity contribution in [2.24, 2.45) is 0 Å². The first-order chi connectivity index (χ1) is 12.8. The summed E-state index contributed by atoms with van der Waals surface area (Å²) < 4.78 is 28.3. The Morgan fingerprint density at radius 1 is 1.11 bits per heavy atom. The van der Waals surface area contributed by atoms with Crippen molar-refractivity contribution in [2.45, 2.75) is 68.8 Å². The molecule has 0 bridgehead atoms. The van der Waals surface area contributed by atoms with Gasteiger partial charge in [0, 0.05) is 18.2 Å². The highest BCUT2D eigenvalue weighted by atomic mass is 32.2. The summed E-state index contributed by atoms with van der Waals surface area (Å²) in [6.45, 7) is 2.06. The number of benzene rings is 1. The molecule has 1 aliphatic carbocycles. The topological polar surface area (TPSA) is 104 Å². The lowest BCUT2D eigenvalue weighted by Crippen LogP contribution is -2.48. The molecule has 1 aromatic carbocycles. The van der Waals surface area contributed by atoms with Gasteiger partial charge in [-0.3, -0.25) is 4.79 Å². The Morgan fingerprint density at radius 3 is 2.44 bits per heavy atom. The number of carbonyl (C=O) groups excluding carboxylic acids is 1. The molecule has 1 atom stereocenters. The number of carboxylic acid groups (broad SMARTS) is 1. The van der Waals surface area contributed by atoms with Crippen LogP contribution in [0.3, 0.4) is 0 Å². The molecule has 3 rings (SSSR count). The number of nitrogens with zero attached hydrogens (tertiary/aromatic N) is 1. The minimum absolute atomic E-state index is 0.0627. The van der Waals surface area contributed by atoms with E-state index in [9.17, 15) is 23.1 Å². The van der Waals surface area contributed by atoms with Crippen LogP contribution in [0.1, 0.15) is 60.9 Å². The number of carboxylic acids is 1. The first-order valence-electron chi connectivity index (χ1n) is 9.46. The third kappa shape index (κ3) is 4.32. The molecule has 0 spiro atoms. The largest absolute Gasteiger partial charge is 0.480 e. The number of nitrogens with one attached hydrogen (secondary N) is 1. The van der Waals surface area contributed by atoms with Crippen LogP contribution in [0.4, 0.5) is 0 Å². The number of aliphatic carboxylic acids is 1. The molecule has 8 heteroatoms. The van der Waals surface area contributed by atoms with Gasteiger partial charge in [-0.1, -0.05) is 18.9 Å². The third-order valence-electron chi connectivity index (χ3n) is 5.45. The van der Waals surface area contributed by atoms with Crippen molar-refractivity contribution in [1.82, 2.24) is 9.62 Å². The van der Waals surface area contributed by atoms with Crippen LogP contribution in [-0.2, 0) is 14.8 Å². The number of piperidine rings is 1. The van der Waals surface area contributed by atoms with Crippen LogP contribution in [0.25, 0.3) is 0 Å². The number of sulfonamides is 1. The molecule has 1 amide bonds. The first-order valence-corrected chi connectivity index (χ1v) is 10.9. The van der Waals surface area contributed by atoms with E-state index in [-0.39, 0.29) is 16.5 Å². The van der Waals surface area contributed by atoms with Crippen molar-refractivity contribution >= 4 is 21.9 Å². The van der Waals surface area contributed by atoms with Gasteiger partial charge in [0.05, 0.1) is 4.90 Å². The molecule has 2 N–H and O–H groups in total. The van der Waals surface area contributed by atoms with Gasteiger partial charge in [-0.2, -0.15) is 0 Å². The van der Waals surface area contributed by atoms with Crippen molar-refractivity contribution in [3.63, 3.8) is 0 Å². The van der Waals surface area contributed by atoms with Gasteiger partial charge in [0.15, 0.2) is 0 Å². The molecule has 0 aromatic heterocycles. The van der Waals surface area contributed by atoms with Gasteiger partial charge in [-0.25, -0.2) is 17.9 Å². The predicted molar refractivity (Wildman–Crippen MR) is 100 cm³/mol. The van der Waals surface area contributed by atoms with Crippen LogP contribution in [-0.4, -0.2) is 48.9 Å². The number of hydrogen-bond acceptors (Lipinski definition) is 4. The molecule has 0 radical (unpaired) electrons. The predicted octanol–water partition coefficient (Wildman–Crippen LogP) is 2.30. The molecule has 1 heterocycles. The van der Waals surface area contributed by atoms with Gasteiger partial charge in [-0.15, -0.1) is 0 Å². The molecule has 1 aromatic rings. The van der Waals surface area contributed by atoms with E-state index >= 15 is 0 Å². The maximum atomic E-state index is 12.9. The van der Waals surface area contributed by atoms with Crippen LogP contribution < -0.4 is 4.72 Å². The Labute approximate surface area is 159 Å². The fraction of sp³-hybridized carbons (Fsp3) is 0.579. The average molecular weight is 394 g/mol. The standard InChI is InChI=1S/C19H26N2O5S/c1-13-9-10-14(18(22)21-11-5-4-8-16(21)19(23)24)12-17(13)27(25,26)20-15-6-2-3-7-15/h9-10,12,15-16,20H,2-8,11H2,1H3,(H,23,24). The third-order valence-corrected chi connectivity index (χ3v) is 7.11. The molecule has 1 saturated carbocycles. The molecular formula is C19H26N2O5S. The van der Waals surface area contributed by atoms with E-state index in [0.717, 1.165) is 38.5 Å². The quantitative estimate of drug-likeness (QED) is 0.797. The van der Waals surface area contributed by atoms with Crippen molar-refractivity contribution in [2.75, 3.05) is 6.54 Å². The zero-order valence-corrected chi connectivity index (χ0v) is 16.3. The van der Waals surface area contributed by atoms with Gasteiger partial charge in [0.2, 0.25) is 10.0 Å². The summed E-state index contributed by atoms with van der Waals surface area (Å²) >= 11 is 0. The van der Waals surface area contributed by atoms with Crippen molar-refractivity contribution in [3.05, 3.63) is 29.3 Å². The zero-order chi connectivity index (χ0) is 19.6. The second kappa shape index (κ2) is 7.98. The molecule has 27 heavy (non-hydrogen) atoms. The summed E-state index contributed by atoms with van der Waals surface area (Å²) in [4.78, 5) is 25.8. The molecule has 1 aliphatic heterocycles. The van der Waals surface area contributed by atoms with Gasteiger partial charge in [-0.05, 0) is 56.7 Å². The van der Waals surface area contributed by atoms with Crippen LogP contribution in [0.5, 0.6) is 0 Å². The highest BCUT2D eigenvalue weighted by Crippen LogP contribution is 2.25. The van der Waals surface area contributed by atoms with Crippen molar-refractivity contribution < 1.29 is 23.1 Å². The molecule has 7 nitrogen and oxygen atoms in total. The summed E-state index contributed by atoms with van der Waals surface area (Å²) in [6, 6.07) is 3.63. The number of hydrogen-bond donors (Lipinski definition) is 2. The minimum atomic E-state index is -3.73. The van der Waals surface area contributed by atoms with E-state index in [1.165, 1.54) is 11.0 Å². The molecule has 148 valence electrons. The van der Waals surface area contributed by atoms with E-state index in [4.69, 9.17) is 0 Å². The van der Waals surface area contributed by atoms with Crippen LogP contribution in [0, 0.1) is 6.92 Å². The number of carbonyl (C=O) groups is 2. The van der Waals surface area contributed by atoms with Gasteiger partial charge >= 0.3 is 5.97 Å². The molecule has 1 unspecified atom stereocenters. The van der Waals surface area contributed by atoms with Crippen molar-refractivity contribution in [3.8, 4) is 0 Å². The summed E-state index contributed by atoms with van der Waals surface area (Å²) in [5.74, 6) is -1.45. The maximum absolute atomic E-state index is 12.9. The Morgan fingerprint density at radius 2 is 1.78 bits per heavy atom. The van der Waals surface area contributed by atoms with E-state index in [0.29, 0.717) is 18.5 Å². The average Bonchev–Trinajstić information content (AvgIpc) is 3.13.